The topological polar surface area (TPSA) is 88.1 Å². The van der Waals surface area contributed by atoms with Gasteiger partial charge in [-0.2, -0.15) is 8.42 Å². The second-order valence-electron chi connectivity index (χ2n) is 6.05. The molecular formula is C17H26O7S. The standard InChI is InChI=1S/C17H26O7S/c1-6-21-16(18)17(3,4)23-15-9-7-14(8-10-15)22-12-11-13(2)24-25(5,19)20/h7-10,13H,6,11-12H2,1-5H3/t13-/m1/s1. The average Bonchev–Trinajstić information content (AvgIpc) is 2.47. The molecule has 0 bridgehead atoms. The molecule has 0 saturated carbocycles. The quantitative estimate of drug-likeness (QED) is 0.459. The third-order valence-corrected chi connectivity index (χ3v) is 3.77. The molecule has 0 spiro atoms. The van der Waals surface area contributed by atoms with E-state index in [1.165, 1.54) is 0 Å². The minimum atomic E-state index is -3.46. The first-order valence-corrected chi connectivity index (χ1v) is 9.82. The van der Waals surface area contributed by atoms with E-state index in [2.05, 4.69) is 0 Å². The Hall–Kier alpha value is -1.80. The molecule has 8 heteroatoms. The summed E-state index contributed by atoms with van der Waals surface area (Å²) in [5, 5.41) is 0. The van der Waals surface area contributed by atoms with Gasteiger partial charge in [0.1, 0.15) is 11.5 Å². The molecule has 0 heterocycles. The first-order chi connectivity index (χ1) is 11.5. The summed E-state index contributed by atoms with van der Waals surface area (Å²) in [6.07, 6.45) is 0.991. The highest BCUT2D eigenvalue weighted by Crippen LogP contribution is 2.23. The molecule has 0 aliphatic heterocycles. The minimum Gasteiger partial charge on any atom is -0.493 e. The van der Waals surface area contributed by atoms with E-state index in [1.807, 2.05) is 0 Å². The van der Waals surface area contributed by atoms with E-state index in [1.54, 1.807) is 52.0 Å². The van der Waals surface area contributed by atoms with Crippen LogP contribution in [0.1, 0.15) is 34.1 Å². The molecular weight excluding hydrogens is 348 g/mol. The van der Waals surface area contributed by atoms with Crippen molar-refractivity contribution in [1.29, 1.82) is 0 Å². The SMILES string of the molecule is CCOC(=O)C(C)(C)Oc1ccc(OCC[C@@H](C)OS(C)(=O)=O)cc1. The van der Waals surface area contributed by atoms with Crippen molar-refractivity contribution in [2.24, 2.45) is 0 Å². The zero-order valence-corrected chi connectivity index (χ0v) is 16.1. The van der Waals surface area contributed by atoms with Crippen molar-refractivity contribution in [3.63, 3.8) is 0 Å². The maximum atomic E-state index is 11.8. The van der Waals surface area contributed by atoms with Gasteiger partial charge in [-0.1, -0.05) is 0 Å². The Morgan fingerprint density at radius 1 is 1.16 bits per heavy atom. The highest BCUT2D eigenvalue weighted by atomic mass is 32.2. The van der Waals surface area contributed by atoms with Gasteiger partial charge < -0.3 is 14.2 Å². The molecule has 0 N–H and O–H groups in total. The molecule has 0 saturated heterocycles. The monoisotopic (exact) mass is 374 g/mol. The van der Waals surface area contributed by atoms with E-state index in [0.717, 1.165) is 6.26 Å². The molecule has 1 rings (SSSR count). The maximum absolute atomic E-state index is 11.8. The Bertz CT molecular complexity index is 650. The van der Waals surface area contributed by atoms with Crippen LogP contribution in [0.2, 0.25) is 0 Å². The molecule has 0 fully saturated rings. The van der Waals surface area contributed by atoms with Crippen molar-refractivity contribution in [3.05, 3.63) is 24.3 Å². The van der Waals surface area contributed by atoms with E-state index in [0.29, 0.717) is 31.1 Å². The summed E-state index contributed by atoms with van der Waals surface area (Å²) in [6.45, 7) is 7.28. The van der Waals surface area contributed by atoms with Crippen molar-refractivity contribution in [3.8, 4) is 11.5 Å². The number of hydrogen-bond acceptors (Lipinski definition) is 7. The van der Waals surface area contributed by atoms with E-state index < -0.39 is 27.8 Å². The van der Waals surface area contributed by atoms with Crippen molar-refractivity contribution in [1.82, 2.24) is 0 Å². The third kappa shape index (κ3) is 8.22. The van der Waals surface area contributed by atoms with Gasteiger partial charge in [0.25, 0.3) is 10.1 Å². The highest BCUT2D eigenvalue weighted by molar-refractivity contribution is 7.86. The van der Waals surface area contributed by atoms with E-state index in [9.17, 15) is 13.2 Å². The Balaban J connectivity index is 2.50. The van der Waals surface area contributed by atoms with Gasteiger partial charge in [-0.3, -0.25) is 4.18 Å². The molecule has 142 valence electrons. The largest absolute Gasteiger partial charge is 0.493 e. The molecule has 0 aliphatic rings. The van der Waals surface area contributed by atoms with Crippen molar-refractivity contribution < 1.29 is 31.6 Å². The first-order valence-electron chi connectivity index (χ1n) is 8.01. The predicted molar refractivity (Wildman–Crippen MR) is 93.3 cm³/mol. The fourth-order valence-electron chi connectivity index (χ4n) is 1.93. The van der Waals surface area contributed by atoms with Crippen LogP contribution in [0.3, 0.4) is 0 Å². The normalized spacial score (nSPS) is 13.2. The zero-order valence-electron chi connectivity index (χ0n) is 15.3. The fourth-order valence-corrected chi connectivity index (χ4v) is 2.63. The molecule has 0 aliphatic carbocycles. The Labute approximate surface area is 149 Å². The number of carbonyl (C=O) groups excluding carboxylic acids is 1. The number of rotatable bonds is 10. The lowest BCUT2D eigenvalue weighted by Gasteiger charge is -2.24. The summed E-state index contributed by atoms with van der Waals surface area (Å²) in [4.78, 5) is 11.8. The number of hydrogen-bond donors (Lipinski definition) is 0. The summed E-state index contributed by atoms with van der Waals surface area (Å²) in [7, 11) is -3.46. The molecule has 25 heavy (non-hydrogen) atoms. The van der Waals surface area contributed by atoms with Crippen LogP contribution in [-0.4, -0.2) is 45.6 Å². The van der Waals surface area contributed by atoms with Crippen LogP contribution in [-0.2, 0) is 23.8 Å². The minimum absolute atomic E-state index is 0.292. The van der Waals surface area contributed by atoms with Gasteiger partial charge in [-0.05, 0) is 52.0 Å². The van der Waals surface area contributed by atoms with Crippen LogP contribution in [0, 0.1) is 0 Å². The smallest absolute Gasteiger partial charge is 0.349 e. The molecule has 0 aromatic heterocycles. The summed E-state index contributed by atoms with van der Waals surface area (Å²) in [6, 6.07) is 6.79. The second kappa shape index (κ2) is 9.05. The number of benzene rings is 1. The molecule has 0 unspecified atom stereocenters. The first kappa shape index (κ1) is 21.2. The van der Waals surface area contributed by atoms with Crippen molar-refractivity contribution in [2.75, 3.05) is 19.5 Å². The summed E-state index contributed by atoms with van der Waals surface area (Å²) < 4.78 is 43.0. The molecule has 7 nitrogen and oxygen atoms in total. The van der Waals surface area contributed by atoms with Crippen molar-refractivity contribution in [2.45, 2.75) is 45.8 Å². The second-order valence-corrected chi connectivity index (χ2v) is 7.65. The summed E-state index contributed by atoms with van der Waals surface area (Å²) in [5.74, 6) is 0.683. The zero-order chi connectivity index (χ0) is 19.1. The Morgan fingerprint density at radius 3 is 2.24 bits per heavy atom. The van der Waals surface area contributed by atoms with Crippen LogP contribution in [0.15, 0.2) is 24.3 Å². The predicted octanol–water partition coefficient (Wildman–Crippen LogP) is 2.54. The molecule has 1 aromatic carbocycles. The van der Waals surface area contributed by atoms with Crippen molar-refractivity contribution >= 4 is 16.1 Å². The van der Waals surface area contributed by atoms with E-state index >= 15 is 0 Å². The molecule has 0 amide bonds. The lowest BCUT2D eigenvalue weighted by Crippen LogP contribution is -2.39. The van der Waals surface area contributed by atoms with Gasteiger partial charge in [-0.15, -0.1) is 0 Å². The van der Waals surface area contributed by atoms with E-state index in [4.69, 9.17) is 18.4 Å². The lowest BCUT2D eigenvalue weighted by atomic mass is 10.1. The number of carbonyl (C=O) groups is 1. The van der Waals surface area contributed by atoms with Gasteiger partial charge in [0.05, 0.1) is 25.6 Å². The fraction of sp³-hybridized carbons (Fsp3) is 0.588. The van der Waals surface area contributed by atoms with Crippen LogP contribution < -0.4 is 9.47 Å². The van der Waals surface area contributed by atoms with Crippen LogP contribution >= 0.6 is 0 Å². The van der Waals surface area contributed by atoms with E-state index in [-0.39, 0.29) is 0 Å². The van der Waals surface area contributed by atoms with Crippen LogP contribution in [0.25, 0.3) is 0 Å². The summed E-state index contributed by atoms with van der Waals surface area (Å²) in [5.41, 5.74) is -1.09. The lowest BCUT2D eigenvalue weighted by molar-refractivity contribution is -0.158. The number of esters is 1. The van der Waals surface area contributed by atoms with Crippen LogP contribution in [0.4, 0.5) is 0 Å². The molecule has 1 atom stereocenters. The molecule has 1 aromatic rings. The van der Waals surface area contributed by atoms with Gasteiger partial charge in [0.15, 0.2) is 5.60 Å². The highest BCUT2D eigenvalue weighted by Gasteiger charge is 2.31. The Kier molecular flexibility index (Phi) is 7.69. The number of ether oxygens (including phenoxy) is 3. The summed E-state index contributed by atoms with van der Waals surface area (Å²) >= 11 is 0. The third-order valence-electron chi connectivity index (χ3n) is 3.10. The molecule has 0 radical (unpaired) electrons. The maximum Gasteiger partial charge on any atom is 0.349 e. The van der Waals surface area contributed by atoms with Gasteiger partial charge in [0, 0.05) is 6.42 Å². The van der Waals surface area contributed by atoms with Crippen LogP contribution in [0.5, 0.6) is 11.5 Å². The van der Waals surface area contributed by atoms with Gasteiger partial charge in [0.2, 0.25) is 0 Å². The van der Waals surface area contributed by atoms with Gasteiger partial charge >= 0.3 is 5.97 Å². The van der Waals surface area contributed by atoms with Gasteiger partial charge in [-0.25, -0.2) is 4.79 Å². The Morgan fingerprint density at radius 2 is 1.72 bits per heavy atom. The average molecular weight is 374 g/mol.